The van der Waals surface area contributed by atoms with E-state index in [-0.39, 0.29) is 0 Å². The second kappa shape index (κ2) is 5.98. The summed E-state index contributed by atoms with van der Waals surface area (Å²) in [4.78, 5) is 15.5. The Labute approximate surface area is 129 Å². The SMILES string of the molecule is Fc1cnc(N2CCN(c3ccc(C(F)(F)F)cn3)CC2)nc1. The molecule has 1 aliphatic rings. The molecule has 0 amide bonds. The van der Waals surface area contributed by atoms with E-state index in [4.69, 9.17) is 0 Å². The Morgan fingerprint density at radius 2 is 1.43 bits per heavy atom. The number of anilines is 2. The lowest BCUT2D eigenvalue weighted by Gasteiger charge is -2.35. The summed E-state index contributed by atoms with van der Waals surface area (Å²) in [7, 11) is 0. The molecule has 0 unspecified atom stereocenters. The summed E-state index contributed by atoms with van der Waals surface area (Å²) in [5, 5.41) is 0. The van der Waals surface area contributed by atoms with Gasteiger partial charge in [0.05, 0.1) is 18.0 Å². The third-order valence-electron chi connectivity index (χ3n) is 3.57. The largest absolute Gasteiger partial charge is 0.417 e. The summed E-state index contributed by atoms with van der Waals surface area (Å²) in [6.45, 7) is 2.29. The monoisotopic (exact) mass is 327 g/mol. The predicted molar refractivity (Wildman–Crippen MR) is 75.7 cm³/mol. The average molecular weight is 327 g/mol. The standard InChI is InChI=1S/C14H13F4N5/c15-11-8-20-13(21-9-11)23-5-3-22(4-6-23)12-2-1-10(7-19-12)14(16,17)18/h1-2,7-9H,3-6H2. The van der Waals surface area contributed by atoms with Crippen LogP contribution in [0.15, 0.2) is 30.7 Å². The first-order valence-electron chi connectivity index (χ1n) is 6.94. The van der Waals surface area contributed by atoms with Gasteiger partial charge in [-0.05, 0) is 12.1 Å². The number of halogens is 4. The van der Waals surface area contributed by atoms with Gasteiger partial charge in [-0.1, -0.05) is 0 Å². The van der Waals surface area contributed by atoms with Gasteiger partial charge < -0.3 is 9.80 Å². The zero-order valence-corrected chi connectivity index (χ0v) is 12.0. The molecule has 1 fully saturated rings. The molecule has 2 aromatic heterocycles. The van der Waals surface area contributed by atoms with E-state index in [0.717, 1.165) is 24.7 Å². The molecule has 0 atom stereocenters. The van der Waals surface area contributed by atoms with E-state index in [0.29, 0.717) is 37.9 Å². The first kappa shape index (κ1) is 15.4. The Bertz CT molecular complexity index is 648. The molecule has 0 radical (unpaired) electrons. The smallest absolute Gasteiger partial charge is 0.353 e. The molecule has 3 rings (SSSR count). The van der Waals surface area contributed by atoms with Crippen molar-refractivity contribution in [3.05, 3.63) is 42.1 Å². The average Bonchev–Trinajstić information content (AvgIpc) is 2.55. The van der Waals surface area contributed by atoms with Gasteiger partial charge in [0.2, 0.25) is 5.95 Å². The third-order valence-corrected chi connectivity index (χ3v) is 3.57. The normalized spacial score (nSPS) is 15.8. The second-order valence-corrected chi connectivity index (χ2v) is 5.08. The fraction of sp³-hybridized carbons (Fsp3) is 0.357. The molecule has 1 saturated heterocycles. The summed E-state index contributed by atoms with van der Waals surface area (Å²) in [5.74, 6) is 0.436. The molecule has 9 heteroatoms. The van der Waals surface area contributed by atoms with Crippen molar-refractivity contribution < 1.29 is 17.6 Å². The van der Waals surface area contributed by atoms with Crippen molar-refractivity contribution in [1.82, 2.24) is 15.0 Å². The van der Waals surface area contributed by atoms with Gasteiger partial charge in [0.15, 0.2) is 5.82 Å². The summed E-state index contributed by atoms with van der Waals surface area (Å²) < 4.78 is 50.4. The zero-order valence-electron chi connectivity index (χ0n) is 12.0. The second-order valence-electron chi connectivity index (χ2n) is 5.08. The lowest BCUT2D eigenvalue weighted by atomic mass is 10.2. The number of hydrogen-bond acceptors (Lipinski definition) is 5. The van der Waals surface area contributed by atoms with Crippen LogP contribution >= 0.6 is 0 Å². The Morgan fingerprint density at radius 3 is 1.96 bits per heavy atom. The van der Waals surface area contributed by atoms with Crippen molar-refractivity contribution in [2.75, 3.05) is 36.0 Å². The van der Waals surface area contributed by atoms with Crippen LogP contribution in [0, 0.1) is 5.82 Å². The number of aromatic nitrogens is 3. The van der Waals surface area contributed by atoms with Gasteiger partial charge >= 0.3 is 6.18 Å². The van der Waals surface area contributed by atoms with Gasteiger partial charge in [0.25, 0.3) is 0 Å². The highest BCUT2D eigenvalue weighted by atomic mass is 19.4. The number of nitrogens with zero attached hydrogens (tertiary/aromatic N) is 5. The van der Waals surface area contributed by atoms with E-state index >= 15 is 0 Å². The highest BCUT2D eigenvalue weighted by molar-refractivity contribution is 5.43. The van der Waals surface area contributed by atoms with Gasteiger partial charge in [-0.15, -0.1) is 0 Å². The van der Waals surface area contributed by atoms with Crippen molar-refractivity contribution in [2.24, 2.45) is 0 Å². The van der Waals surface area contributed by atoms with E-state index in [1.807, 2.05) is 9.80 Å². The summed E-state index contributed by atoms with van der Waals surface area (Å²) in [6.07, 6.45) is -1.34. The predicted octanol–water partition coefficient (Wildman–Crippen LogP) is 2.36. The van der Waals surface area contributed by atoms with Gasteiger partial charge in [0.1, 0.15) is 5.82 Å². The molecule has 3 heterocycles. The van der Waals surface area contributed by atoms with Crippen LogP contribution in [0.1, 0.15) is 5.56 Å². The van der Waals surface area contributed by atoms with E-state index < -0.39 is 17.6 Å². The lowest BCUT2D eigenvalue weighted by Crippen LogP contribution is -2.47. The van der Waals surface area contributed by atoms with Crippen molar-refractivity contribution in [3.8, 4) is 0 Å². The van der Waals surface area contributed by atoms with Crippen molar-refractivity contribution in [2.45, 2.75) is 6.18 Å². The van der Waals surface area contributed by atoms with E-state index in [2.05, 4.69) is 15.0 Å². The van der Waals surface area contributed by atoms with Crippen molar-refractivity contribution >= 4 is 11.8 Å². The van der Waals surface area contributed by atoms with Crippen LogP contribution in [-0.2, 0) is 6.18 Å². The minimum atomic E-state index is -4.38. The molecule has 23 heavy (non-hydrogen) atoms. The minimum absolute atomic E-state index is 0.437. The van der Waals surface area contributed by atoms with Gasteiger partial charge in [-0.3, -0.25) is 0 Å². The molecule has 0 N–H and O–H groups in total. The van der Waals surface area contributed by atoms with E-state index in [9.17, 15) is 17.6 Å². The minimum Gasteiger partial charge on any atom is -0.353 e. The topological polar surface area (TPSA) is 45.2 Å². The molecule has 122 valence electrons. The molecule has 2 aromatic rings. The fourth-order valence-electron chi connectivity index (χ4n) is 2.35. The molecule has 0 spiro atoms. The number of pyridine rings is 1. The molecule has 0 aromatic carbocycles. The van der Waals surface area contributed by atoms with Crippen LogP contribution < -0.4 is 9.80 Å². The Kier molecular flexibility index (Phi) is 4.01. The Morgan fingerprint density at radius 1 is 0.826 bits per heavy atom. The zero-order chi connectivity index (χ0) is 16.4. The van der Waals surface area contributed by atoms with Crippen molar-refractivity contribution in [1.29, 1.82) is 0 Å². The summed E-state index contributed by atoms with van der Waals surface area (Å²) in [6, 6.07) is 2.39. The first-order valence-corrected chi connectivity index (χ1v) is 6.94. The van der Waals surface area contributed by atoms with Crippen LogP contribution in [0.5, 0.6) is 0 Å². The highest BCUT2D eigenvalue weighted by Crippen LogP contribution is 2.29. The number of rotatable bonds is 2. The van der Waals surface area contributed by atoms with Gasteiger partial charge in [0, 0.05) is 32.4 Å². The first-order chi connectivity index (χ1) is 10.9. The maximum Gasteiger partial charge on any atom is 0.417 e. The van der Waals surface area contributed by atoms with Crippen LogP contribution in [0.2, 0.25) is 0 Å². The lowest BCUT2D eigenvalue weighted by molar-refractivity contribution is -0.137. The molecular weight excluding hydrogens is 314 g/mol. The van der Waals surface area contributed by atoms with Gasteiger partial charge in [-0.2, -0.15) is 13.2 Å². The molecular formula is C14H13F4N5. The van der Waals surface area contributed by atoms with Crippen molar-refractivity contribution in [3.63, 3.8) is 0 Å². The molecule has 0 saturated carbocycles. The fourth-order valence-corrected chi connectivity index (χ4v) is 2.35. The molecule has 0 bridgehead atoms. The number of alkyl halides is 3. The summed E-state index contributed by atoms with van der Waals surface area (Å²) in [5.41, 5.74) is -0.764. The Balaban J connectivity index is 1.63. The van der Waals surface area contributed by atoms with Gasteiger partial charge in [-0.25, -0.2) is 19.3 Å². The highest BCUT2D eigenvalue weighted by Gasteiger charge is 2.31. The van der Waals surface area contributed by atoms with E-state index in [1.54, 1.807) is 0 Å². The number of piperazine rings is 1. The molecule has 1 aliphatic heterocycles. The van der Waals surface area contributed by atoms with Crippen LogP contribution in [-0.4, -0.2) is 41.1 Å². The maximum absolute atomic E-state index is 12.8. The van der Waals surface area contributed by atoms with Crippen LogP contribution in [0.3, 0.4) is 0 Å². The van der Waals surface area contributed by atoms with E-state index in [1.165, 1.54) is 6.07 Å². The molecule has 0 aliphatic carbocycles. The molecule has 5 nitrogen and oxygen atoms in total. The maximum atomic E-state index is 12.8. The Hall–Kier alpha value is -2.45. The summed E-state index contributed by atoms with van der Waals surface area (Å²) >= 11 is 0. The van der Waals surface area contributed by atoms with Crippen LogP contribution in [0.4, 0.5) is 29.3 Å². The van der Waals surface area contributed by atoms with Crippen LogP contribution in [0.25, 0.3) is 0 Å². The third kappa shape index (κ3) is 3.49. The quantitative estimate of drug-likeness (QED) is 0.793. The number of hydrogen-bond donors (Lipinski definition) is 0.